The van der Waals surface area contributed by atoms with Crippen molar-refractivity contribution >= 4 is 39.8 Å². The quantitative estimate of drug-likeness (QED) is 0.167. The van der Waals surface area contributed by atoms with Crippen LogP contribution in [0.3, 0.4) is 0 Å². The number of anilines is 1. The fourth-order valence-electron chi connectivity index (χ4n) is 7.01. The van der Waals surface area contributed by atoms with Crippen LogP contribution in [0, 0.1) is 29.3 Å². The molecule has 8 rings (SSSR count). The molecular formula is C35H32F3N3O9. The number of carboxylic acid groups (broad SMARTS) is 2. The molecule has 2 saturated carbocycles. The van der Waals surface area contributed by atoms with E-state index in [1.807, 2.05) is 4.57 Å². The molecule has 0 radical (unpaired) electrons. The third-order valence-corrected chi connectivity index (χ3v) is 9.64. The van der Waals surface area contributed by atoms with Crippen LogP contribution >= 0.6 is 0 Å². The Hall–Kier alpha value is -5.47. The molecule has 2 N–H and O–H groups in total. The molecule has 4 aromatic rings. The number of hydrogen-bond acceptors (Lipinski definition) is 8. The highest BCUT2D eigenvalue weighted by atomic mass is 19.2. The standard InChI is InChI=1S/C21H21FN2O4.C14H11F2NO5/c22-16-7-15-17(8-18(16)23-9-12-3-1-2-4-13(12)10-23)24(14-5-6-14)11-19(20(15)25)28-21(26)27;1-21-13-10(16)8(15)4-7-11(13)17(6-2-3-6)5-9(12(7)18)22-14(19)20/h1-2,7-8,11-14H,3-6,9-10H2,(H,26,27);4-6H,2-3H2,1H3,(H,19,20). The van der Waals surface area contributed by atoms with E-state index in [0.717, 1.165) is 57.7 Å². The average Bonchev–Trinajstić information content (AvgIpc) is 4.02. The van der Waals surface area contributed by atoms with Gasteiger partial charge in [-0.2, -0.15) is 4.39 Å². The Balaban J connectivity index is 0.000000162. The van der Waals surface area contributed by atoms with Crippen LogP contribution in [0.4, 0.5) is 28.4 Å². The van der Waals surface area contributed by atoms with E-state index in [0.29, 0.717) is 23.0 Å². The Bertz CT molecular complexity index is 2190. The molecular weight excluding hydrogens is 663 g/mol. The molecule has 0 spiro atoms. The van der Waals surface area contributed by atoms with Crippen LogP contribution < -0.4 is 30.0 Å². The molecule has 50 heavy (non-hydrogen) atoms. The number of carbonyl (C=O) groups is 2. The first kappa shape index (κ1) is 33.0. The molecule has 3 aliphatic carbocycles. The maximum atomic E-state index is 15.0. The summed E-state index contributed by atoms with van der Waals surface area (Å²) in [5, 5.41) is 17.5. The third-order valence-electron chi connectivity index (χ3n) is 9.64. The Morgan fingerprint density at radius 2 is 1.28 bits per heavy atom. The molecule has 1 aliphatic heterocycles. The first-order valence-corrected chi connectivity index (χ1v) is 16.2. The minimum absolute atomic E-state index is 0.0435. The summed E-state index contributed by atoms with van der Waals surface area (Å²) < 4.78 is 59.9. The highest BCUT2D eigenvalue weighted by molar-refractivity contribution is 5.87. The summed E-state index contributed by atoms with van der Waals surface area (Å²) in [6.07, 6.45) is 9.32. The topological polar surface area (TPSA) is 150 Å². The lowest BCUT2D eigenvalue weighted by Crippen LogP contribution is -2.22. The fourth-order valence-corrected chi connectivity index (χ4v) is 7.01. The lowest BCUT2D eigenvalue weighted by molar-refractivity contribution is 0.142. The summed E-state index contributed by atoms with van der Waals surface area (Å²) in [7, 11) is 1.17. The summed E-state index contributed by atoms with van der Waals surface area (Å²) in [5.74, 6) is -2.95. The van der Waals surface area contributed by atoms with Crippen LogP contribution in [0.15, 0.2) is 52.3 Å². The summed E-state index contributed by atoms with van der Waals surface area (Å²) in [6.45, 7) is 1.62. The highest BCUT2D eigenvalue weighted by Crippen LogP contribution is 2.42. The predicted molar refractivity (Wildman–Crippen MR) is 174 cm³/mol. The number of aromatic nitrogens is 2. The van der Waals surface area contributed by atoms with E-state index in [1.54, 1.807) is 6.07 Å². The van der Waals surface area contributed by atoms with Crippen LogP contribution in [-0.4, -0.2) is 51.9 Å². The van der Waals surface area contributed by atoms with E-state index in [-0.39, 0.29) is 39.9 Å². The first-order valence-electron chi connectivity index (χ1n) is 16.2. The number of methoxy groups -OCH3 is 1. The van der Waals surface area contributed by atoms with E-state index in [4.69, 9.17) is 14.9 Å². The zero-order valence-electron chi connectivity index (χ0n) is 26.7. The van der Waals surface area contributed by atoms with E-state index in [1.165, 1.54) is 30.1 Å². The van der Waals surface area contributed by atoms with Crippen molar-refractivity contribution in [3.63, 3.8) is 0 Å². The SMILES string of the molecule is COc1c(F)c(F)cc2c(=O)c(OC(=O)O)cn(C3CC3)c12.O=C(O)Oc1cn(C2CC2)c2cc(N3CC4CC=CCC4C3)c(F)cc2c1=O. The van der Waals surface area contributed by atoms with Gasteiger partial charge in [-0.3, -0.25) is 9.59 Å². The molecule has 262 valence electrons. The van der Waals surface area contributed by atoms with Crippen molar-refractivity contribution in [1.29, 1.82) is 0 Å². The number of nitrogens with zero attached hydrogens (tertiary/aromatic N) is 3. The summed E-state index contributed by atoms with van der Waals surface area (Å²) in [6, 6.07) is 3.85. The number of rotatable bonds is 6. The summed E-state index contributed by atoms with van der Waals surface area (Å²) >= 11 is 0. The molecule has 1 saturated heterocycles. The zero-order valence-corrected chi connectivity index (χ0v) is 26.7. The van der Waals surface area contributed by atoms with Crippen LogP contribution in [0.5, 0.6) is 17.2 Å². The van der Waals surface area contributed by atoms with E-state index < -0.39 is 46.4 Å². The molecule has 12 nitrogen and oxygen atoms in total. The number of ether oxygens (including phenoxy) is 3. The zero-order chi connectivity index (χ0) is 35.4. The molecule has 3 heterocycles. The second-order valence-electron chi connectivity index (χ2n) is 12.9. The molecule has 4 aliphatic rings. The molecule has 2 aromatic heterocycles. The maximum absolute atomic E-state index is 15.0. The van der Waals surface area contributed by atoms with Gasteiger partial charge >= 0.3 is 12.3 Å². The summed E-state index contributed by atoms with van der Waals surface area (Å²) in [4.78, 5) is 48.6. The number of pyridine rings is 2. The van der Waals surface area contributed by atoms with Crippen LogP contribution in [0.25, 0.3) is 21.8 Å². The van der Waals surface area contributed by atoms with Gasteiger partial charge in [0.25, 0.3) is 0 Å². The van der Waals surface area contributed by atoms with Crippen molar-refractivity contribution in [1.82, 2.24) is 9.13 Å². The Morgan fingerprint density at radius 3 is 1.82 bits per heavy atom. The smallest absolute Gasteiger partial charge is 0.491 e. The third kappa shape index (κ3) is 6.11. The van der Waals surface area contributed by atoms with Gasteiger partial charge in [0.2, 0.25) is 16.7 Å². The molecule has 2 aromatic carbocycles. The van der Waals surface area contributed by atoms with Gasteiger partial charge < -0.3 is 38.5 Å². The van der Waals surface area contributed by atoms with Gasteiger partial charge in [0.1, 0.15) is 5.82 Å². The number of benzene rings is 2. The van der Waals surface area contributed by atoms with Gasteiger partial charge in [-0.15, -0.1) is 0 Å². The first-order chi connectivity index (χ1) is 23.9. The van der Waals surface area contributed by atoms with Crippen molar-refractivity contribution in [2.75, 3.05) is 25.1 Å². The maximum Gasteiger partial charge on any atom is 0.511 e. The van der Waals surface area contributed by atoms with Crippen LogP contribution in [0.2, 0.25) is 0 Å². The lowest BCUT2D eigenvalue weighted by atomic mass is 9.86. The van der Waals surface area contributed by atoms with E-state index >= 15 is 4.39 Å². The number of halogens is 3. The minimum atomic E-state index is -1.66. The normalized spacial score (nSPS) is 19.6. The fraction of sp³-hybridized carbons (Fsp3) is 0.371. The van der Waals surface area contributed by atoms with Crippen molar-refractivity contribution in [2.45, 2.75) is 50.6 Å². The average molecular weight is 696 g/mol. The predicted octanol–water partition coefficient (Wildman–Crippen LogP) is 6.61. The van der Waals surface area contributed by atoms with Gasteiger partial charge in [0.05, 0.1) is 47.0 Å². The minimum Gasteiger partial charge on any atom is -0.491 e. The Morgan fingerprint density at radius 1 is 0.760 bits per heavy atom. The Kier molecular flexibility index (Phi) is 8.44. The van der Waals surface area contributed by atoms with Gasteiger partial charge in [0, 0.05) is 25.2 Å². The monoisotopic (exact) mass is 695 g/mol. The van der Waals surface area contributed by atoms with Gasteiger partial charge in [-0.1, -0.05) is 12.2 Å². The molecule has 2 atom stereocenters. The van der Waals surface area contributed by atoms with Crippen molar-refractivity contribution < 1.29 is 47.2 Å². The second-order valence-corrected chi connectivity index (χ2v) is 12.9. The van der Waals surface area contributed by atoms with E-state index in [2.05, 4.69) is 26.5 Å². The van der Waals surface area contributed by atoms with Crippen molar-refractivity contribution in [3.05, 3.63) is 80.6 Å². The second kappa shape index (κ2) is 12.8. The molecule has 0 bridgehead atoms. The van der Waals surface area contributed by atoms with E-state index in [9.17, 15) is 28.0 Å². The van der Waals surface area contributed by atoms with Gasteiger partial charge in [-0.05, 0) is 68.6 Å². The Labute approximate surface area is 281 Å². The lowest BCUT2D eigenvalue weighted by Gasteiger charge is -2.21. The molecule has 2 unspecified atom stereocenters. The number of allylic oxidation sites excluding steroid dienone is 2. The largest absolute Gasteiger partial charge is 0.511 e. The highest BCUT2D eigenvalue weighted by Gasteiger charge is 2.35. The molecule has 0 amide bonds. The number of hydrogen-bond donors (Lipinski definition) is 2. The van der Waals surface area contributed by atoms with Crippen LogP contribution in [-0.2, 0) is 0 Å². The summed E-state index contributed by atoms with van der Waals surface area (Å²) in [5.41, 5.74) is -0.200. The number of fused-ring (bicyclic) bond motifs is 3. The van der Waals surface area contributed by atoms with Crippen molar-refractivity contribution in [3.8, 4) is 17.2 Å². The van der Waals surface area contributed by atoms with Crippen molar-refractivity contribution in [2.24, 2.45) is 11.8 Å². The van der Waals surface area contributed by atoms with Gasteiger partial charge in [-0.25, -0.2) is 18.4 Å². The van der Waals surface area contributed by atoms with Crippen LogP contribution in [0.1, 0.15) is 50.6 Å². The molecule has 3 fully saturated rings. The molecule has 15 heteroatoms. The van der Waals surface area contributed by atoms with Gasteiger partial charge in [0.15, 0.2) is 23.1 Å².